The van der Waals surface area contributed by atoms with Gasteiger partial charge in [0, 0.05) is 37.2 Å². The summed E-state index contributed by atoms with van der Waals surface area (Å²) in [5.41, 5.74) is 2.29. The number of nitrogens with zero attached hydrogens (tertiary/aromatic N) is 1. The average molecular weight is 299 g/mol. The second kappa shape index (κ2) is 6.64. The van der Waals surface area contributed by atoms with Crippen molar-refractivity contribution in [1.29, 1.82) is 0 Å². The molecule has 4 heteroatoms. The van der Waals surface area contributed by atoms with Crippen LogP contribution in [-0.2, 0) is 4.79 Å². The Kier molecular flexibility index (Phi) is 5.48. The first-order chi connectivity index (χ1) is 8.02. The molecule has 0 saturated carbocycles. The van der Waals surface area contributed by atoms with Crippen molar-refractivity contribution in [2.24, 2.45) is 0 Å². The fraction of sp³-hybridized carbons (Fsp3) is 0.462. The van der Waals surface area contributed by atoms with Gasteiger partial charge in [0.15, 0.2) is 0 Å². The summed E-state index contributed by atoms with van der Waals surface area (Å²) in [7, 11) is 3.57. The molecule has 0 bridgehead atoms. The molecule has 0 aliphatic carbocycles. The average Bonchev–Trinajstić information content (AvgIpc) is 2.29. The van der Waals surface area contributed by atoms with Crippen LogP contribution in [0.15, 0.2) is 22.7 Å². The molecule has 1 rings (SSSR count). The molecule has 0 aliphatic heterocycles. The van der Waals surface area contributed by atoms with Crippen LogP contribution in [0.3, 0.4) is 0 Å². The second-order valence-electron chi connectivity index (χ2n) is 4.25. The van der Waals surface area contributed by atoms with E-state index in [0.717, 1.165) is 23.1 Å². The predicted octanol–water partition coefficient (Wildman–Crippen LogP) is 3.04. The lowest BCUT2D eigenvalue weighted by atomic mass is 10.2. The zero-order chi connectivity index (χ0) is 12.8. The highest BCUT2D eigenvalue weighted by Crippen LogP contribution is 2.25. The Bertz CT molecular complexity index is 391. The summed E-state index contributed by atoms with van der Waals surface area (Å²) in [6.07, 6.45) is 1.43. The molecule has 0 saturated heterocycles. The van der Waals surface area contributed by atoms with Gasteiger partial charge >= 0.3 is 0 Å². The Morgan fingerprint density at radius 1 is 1.41 bits per heavy atom. The van der Waals surface area contributed by atoms with Gasteiger partial charge in [-0.2, -0.15) is 0 Å². The minimum Gasteiger partial charge on any atom is -0.384 e. The minimum atomic E-state index is 0.176. The number of amides is 1. The Morgan fingerprint density at radius 3 is 2.76 bits per heavy atom. The van der Waals surface area contributed by atoms with E-state index in [1.807, 2.05) is 12.1 Å². The molecule has 17 heavy (non-hydrogen) atoms. The van der Waals surface area contributed by atoms with Gasteiger partial charge in [0.1, 0.15) is 0 Å². The van der Waals surface area contributed by atoms with Crippen molar-refractivity contribution < 1.29 is 4.79 Å². The van der Waals surface area contributed by atoms with E-state index in [4.69, 9.17) is 0 Å². The van der Waals surface area contributed by atoms with Gasteiger partial charge in [-0.3, -0.25) is 4.79 Å². The van der Waals surface area contributed by atoms with Crippen LogP contribution in [0.5, 0.6) is 0 Å². The largest absolute Gasteiger partial charge is 0.384 e. The molecule has 3 nitrogen and oxygen atoms in total. The van der Waals surface area contributed by atoms with Crippen LogP contribution in [0, 0.1) is 6.92 Å². The summed E-state index contributed by atoms with van der Waals surface area (Å²) in [5, 5.41) is 3.33. The van der Waals surface area contributed by atoms with E-state index >= 15 is 0 Å². The summed E-state index contributed by atoms with van der Waals surface area (Å²) in [5.74, 6) is 0.176. The number of anilines is 1. The van der Waals surface area contributed by atoms with Crippen molar-refractivity contribution >= 4 is 27.5 Å². The number of rotatable bonds is 5. The number of hydrogen-bond acceptors (Lipinski definition) is 2. The van der Waals surface area contributed by atoms with E-state index in [9.17, 15) is 4.79 Å². The lowest BCUT2D eigenvalue weighted by molar-refractivity contribution is -0.128. The second-order valence-corrected chi connectivity index (χ2v) is 5.05. The maximum absolute atomic E-state index is 11.4. The van der Waals surface area contributed by atoms with Gasteiger partial charge in [-0.25, -0.2) is 0 Å². The van der Waals surface area contributed by atoms with Crippen LogP contribution < -0.4 is 5.32 Å². The number of nitrogens with one attached hydrogen (secondary N) is 1. The van der Waals surface area contributed by atoms with Gasteiger partial charge in [-0.15, -0.1) is 0 Å². The number of carbonyl (C=O) groups excluding carboxylic acids is 1. The number of aryl methyl sites for hydroxylation is 1. The first kappa shape index (κ1) is 14.0. The zero-order valence-corrected chi connectivity index (χ0v) is 12.2. The van der Waals surface area contributed by atoms with Gasteiger partial charge in [0.05, 0.1) is 0 Å². The Morgan fingerprint density at radius 2 is 2.12 bits per heavy atom. The fourth-order valence-electron chi connectivity index (χ4n) is 1.47. The molecule has 0 spiro atoms. The number of hydrogen-bond donors (Lipinski definition) is 1. The summed E-state index contributed by atoms with van der Waals surface area (Å²) < 4.78 is 1.10. The maximum atomic E-state index is 11.4. The van der Waals surface area contributed by atoms with E-state index in [-0.39, 0.29) is 5.91 Å². The lowest BCUT2D eigenvalue weighted by Crippen LogP contribution is -2.22. The van der Waals surface area contributed by atoms with Crippen molar-refractivity contribution in [1.82, 2.24) is 4.90 Å². The van der Waals surface area contributed by atoms with Crippen LogP contribution in [0.25, 0.3) is 0 Å². The standard InChI is InChI=1S/C13H19BrN2O/c1-10-6-4-7-11(13(10)14)15-9-5-8-12(17)16(2)3/h4,6-7,15H,5,8-9H2,1-3H3. The third-order valence-electron chi connectivity index (χ3n) is 2.57. The number of halogens is 1. The monoisotopic (exact) mass is 298 g/mol. The minimum absolute atomic E-state index is 0.176. The molecular weight excluding hydrogens is 280 g/mol. The predicted molar refractivity (Wildman–Crippen MR) is 75.3 cm³/mol. The van der Waals surface area contributed by atoms with Gasteiger partial charge in [-0.1, -0.05) is 12.1 Å². The Balaban J connectivity index is 2.36. The van der Waals surface area contributed by atoms with Crippen LogP contribution in [0.4, 0.5) is 5.69 Å². The normalized spacial score (nSPS) is 10.1. The highest BCUT2D eigenvalue weighted by atomic mass is 79.9. The molecule has 0 heterocycles. The Labute approximate surface area is 111 Å². The van der Waals surface area contributed by atoms with Crippen molar-refractivity contribution in [2.75, 3.05) is 26.0 Å². The highest BCUT2D eigenvalue weighted by molar-refractivity contribution is 9.10. The highest BCUT2D eigenvalue weighted by Gasteiger charge is 2.04. The number of benzene rings is 1. The van der Waals surface area contributed by atoms with Crippen LogP contribution in [0.1, 0.15) is 18.4 Å². The summed E-state index contributed by atoms with van der Waals surface area (Å²) in [6, 6.07) is 6.11. The van der Waals surface area contributed by atoms with E-state index in [1.54, 1.807) is 19.0 Å². The van der Waals surface area contributed by atoms with Crippen molar-refractivity contribution in [3.05, 3.63) is 28.2 Å². The fourth-order valence-corrected chi connectivity index (χ4v) is 1.87. The van der Waals surface area contributed by atoms with Crippen LogP contribution >= 0.6 is 15.9 Å². The molecule has 0 unspecified atom stereocenters. The third-order valence-corrected chi connectivity index (χ3v) is 3.63. The first-order valence-electron chi connectivity index (χ1n) is 5.71. The Hall–Kier alpha value is -1.03. The van der Waals surface area contributed by atoms with E-state index < -0.39 is 0 Å². The smallest absolute Gasteiger partial charge is 0.222 e. The first-order valence-corrected chi connectivity index (χ1v) is 6.51. The molecule has 0 fully saturated rings. The molecule has 0 aliphatic rings. The maximum Gasteiger partial charge on any atom is 0.222 e. The summed E-state index contributed by atoms with van der Waals surface area (Å²) >= 11 is 3.55. The van der Waals surface area contributed by atoms with Gasteiger partial charge < -0.3 is 10.2 Å². The summed E-state index contributed by atoms with van der Waals surface area (Å²) in [6.45, 7) is 2.87. The third kappa shape index (κ3) is 4.38. The molecule has 1 aromatic rings. The van der Waals surface area contributed by atoms with Crippen molar-refractivity contribution in [2.45, 2.75) is 19.8 Å². The van der Waals surface area contributed by atoms with Crippen molar-refractivity contribution in [3.8, 4) is 0 Å². The van der Waals surface area contributed by atoms with E-state index in [0.29, 0.717) is 6.42 Å². The zero-order valence-electron chi connectivity index (χ0n) is 10.6. The van der Waals surface area contributed by atoms with E-state index in [2.05, 4.69) is 34.2 Å². The molecule has 0 atom stereocenters. The molecule has 0 aromatic heterocycles. The number of carbonyl (C=O) groups is 1. The van der Waals surface area contributed by atoms with Crippen LogP contribution in [-0.4, -0.2) is 31.4 Å². The molecular formula is C13H19BrN2O. The van der Waals surface area contributed by atoms with Crippen molar-refractivity contribution in [3.63, 3.8) is 0 Å². The quantitative estimate of drug-likeness (QED) is 0.848. The molecule has 0 radical (unpaired) electrons. The van der Waals surface area contributed by atoms with Gasteiger partial charge in [0.2, 0.25) is 5.91 Å². The molecule has 94 valence electrons. The lowest BCUT2D eigenvalue weighted by Gasteiger charge is -2.12. The molecule has 1 N–H and O–H groups in total. The van der Waals surface area contributed by atoms with Gasteiger partial charge in [-0.05, 0) is 40.9 Å². The topological polar surface area (TPSA) is 32.3 Å². The molecule has 1 amide bonds. The van der Waals surface area contributed by atoms with E-state index in [1.165, 1.54) is 5.56 Å². The van der Waals surface area contributed by atoms with Crippen LogP contribution in [0.2, 0.25) is 0 Å². The summed E-state index contributed by atoms with van der Waals surface area (Å²) in [4.78, 5) is 13.0. The van der Waals surface area contributed by atoms with Gasteiger partial charge in [0.25, 0.3) is 0 Å². The SMILES string of the molecule is Cc1cccc(NCCCC(=O)N(C)C)c1Br. The molecule has 1 aromatic carbocycles.